The summed E-state index contributed by atoms with van der Waals surface area (Å²) in [5.74, 6) is 1.52. The minimum absolute atomic E-state index is 0.228. The Morgan fingerprint density at radius 2 is 1.40 bits per heavy atom. The van der Waals surface area contributed by atoms with Crippen LogP contribution in [-0.2, 0) is 14.8 Å². The molecule has 0 radical (unpaired) electrons. The van der Waals surface area contributed by atoms with Crippen molar-refractivity contribution in [2.45, 2.75) is 25.9 Å². The van der Waals surface area contributed by atoms with Gasteiger partial charge in [0, 0.05) is 0 Å². The molecular weight excluding hydrogens is 408 g/mol. The van der Waals surface area contributed by atoms with Crippen LogP contribution < -0.4 is 23.8 Å². The first kappa shape index (κ1) is 23.3. The van der Waals surface area contributed by atoms with Crippen molar-refractivity contribution < 1.29 is 27.4 Å². The van der Waals surface area contributed by atoms with E-state index in [0.717, 1.165) is 16.3 Å². The zero-order chi connectivity index (χ0) is 22.3. The summed E-state index contributed by atoms with van der Waals surface area (Å²) >= 11 is 0. The van der Waals surface area contributed by atoms with Gasteiger partial charge < -0.3 is 19.5 Å². The predicted molar refractivity (Wildman–Crippen MR) is 116 cm³/mol. The average Bonchev–Trinajstić information content (AvgIpc) is 2.72. The Labute approximate surface area is 177 Å². The van der Waals surface area contributed by atoms with Crippen molar-refractivity contribution in [3.63, 3.8) is 0 Å². The second-order valence-electron chi connectivity index (χ2n) is 6.83. The number of nitrogens with one attached hydrogen (secondary N) is 1. The first-order chi connectivity index (χ1) is 14.2. The molecule has 0 aliphatic rings. The van der Waals surface area contributed by atoms with E-state index in [1.54, 1.807) is 62.6 Å². The monoisotopic (exact) mass is 436 g/mol. The Hall–Kier alpha value is -2.94. The van der Waals surface area contributed by atoms with Crippen LogP contribution in [0.4, 0.5) is 5.69 Å². The highest BCUT2D eigenvalue weighted by Gasteiger charge is 2.29. The van der Waals surface area contributed by atoms with Crippen LogP contribution >= 0.6 is 0 Å². The number of carbonyl (C=O) groups is 1. The smallest absolute Gasteiger partial charge is 0.243 e. The van der Waals surface area contributed by atoms with Crippen LogP contribution in [0.1, 0.15) is 13.8 Å². The third-order valence-corrected chi connectivity index (χ3v) is 5.61. The van der Waals surface area contributed by atoms with Crippen molar-refractivity contribution in [1.29, 1.82) is 0 Å². The maximum absolute atomic E-state index is 12.7. The summed E-state index contributed by atoms with van der Waals surface area (Å²) in [6.07, 6.45) is 1.07. The maximum Gasteiger partial charge on any atom is 0.243 e. The van der Waals surface area contributed by atoms with Gasteiger partial charge in [0.2, 0.25) is 15.9 Å². The quantitative estimate of drug-likeness (QED) is 0.615. The van der Waals surface area contributed by atoms with Gasteiger partial charge in [-0.3, -0.25) is 9.10 Å². The number of ether oxygens (including phenoxy) is 3. The van der Waals surface area contributed by atoms with E-state index in [4.69, 9.17) is 14.2 Å². The summed E-state index contributed by atoms with van der Waals surface area (Å²) in [6.45, 7) is 3.55. The van der Waals surface area contributed by atoms with Gasteiger partial charge >= 0.3 is 0 Å². The Morgan fingerprint density at radius 3 is 1.87 bits per heavy atom. The lowest BCUT2D eigenvalue weighted by atomic mass is 10.2. The molecule has 0 aliphatic carbocycles. The molecule has 9 heteroatoms. The number of amides is 1. The molecule has 164 valence electrons. The second-order valence-corrected chi connectivity index (χ2v) is 8.69. The molecule has 1 amide bonds. The van der Waals surface area contributed by atoms with Gasteiger partial charge in [0.05, 0.1) is 32.2 Å². The van der Waals surface area contributed by atoms with E-state index in [2.05, 4.69) is 5.32 Å². The standard InChI is InChI=1S/C21H28N2O6S/c1-15(14-29-20-12-10-19(28-4)11-13-20)22-21(24)16(2)23(30(5,25)26)17-6-8-18(27-3)9-7-17/h6-13,15-16H,14H2,1-5H3,(H,22,24). The van der Waals surface area contributed by atoms with E-state index in [1.165, 1.54) is 14.0 Å². The van der Waals surface area contributed by atoms with Crippen LogP contribution in [-0.4, -0.2) is 53.5 Å². The normalized spacial score (nSPS) is 13.1. The maximum atomic E-state index is 12.7. The van der Waals surface area contributed by atoms with Gasteiger partial charge in [0.1, 0.15) is 29.9 Å². The van der Waals surface area contributed by atoms with E-state index in [0.29, 0.717) is 17.2 Å². The zero-order valence-corrected chi connectivity index (χ0v) is 18.6. The molecule has 2 atom stereocenters. The highest BCUT2D eigenvalue weighted by atomic mass is 32.2. The molecule has 2 aromatic carbocycles. The molecule has 0 heterocycles. The minimum Gasteiger partial charge on any atom is -0.497 e. The fourth-order valence-electron chi connectivity index (χ4n) is 2.84. The molecule has 0 aromatic heterocycles. The van der Waals surface area contributed by atoms with Crippen LogP contribution in [0, 0.1) is 0 Å². The average molecular weight is 437 g/mol. The third-order valence-electron chi connectivity index (χ3n) is 4.36. The number of rotatable bonds is 10. The topological polar surface area (TPSA) is 94.2 Å². The summed E-state index contributed by atoms with van der Waals surface area (Å²) in [4.78, 5) is 12.7. The molecule has 0 spiro atoms. The van der Waals surface area contributed by atoms with Crippen LogP contribution in [0.3, 0.4) is 0 Å². The predicted octanol–water partition coefficient (Wildman–Crippen LogP) is 2.44. The lowest BCUT2D eigenvalue weighted by Crippen LogP contribution is -2.50. The molecule has 8 nitrogen and oxygen atoms in total. The van der Waals surface area contributed by atoms with Gasteiger partial charge in [0.15, 0.2) is 0 Å². The summed E-state index contributed by atoms with van der Waals surface area (Å²) in [5.41, 5.74) is 0.378. The molecular formula is C21H28N2O6S. The lowest BCUT2D eigenvalue weighted by Gasteiger charge is -2.29. The number of sulfonamides is 1. The first-order valence-electron chi connectivity index (χ1n) is 9.36. The second kappa shape index (κ2) is 10.2. The van der Waals surface area contributed by atoms with Crippen molar-refractivity contribution >= 4 is 21.6 Å². The van der Waals surface area contributed by atoms with E-state index in [9.17, 15) is 13.2 Å². The highest BCUT2D eigenvalue weighted by molar-refractivity contribution is 7.92. The summed E-state index contributed by atoms with van der Waals surface area (Å²) in [5, 5.41) is 2.80. The molecule has 2 unspecified atom stereocenters. The molecule has 30 heavy (non-hydrogen) atoms. The van der Waals surface area contributed by atoms with E-state index >= 15 is 0 Å². The summed E-state index contributed by atoms with van der Waals surface area (Å²) in [7, 11) is -0.585. The minimum atomic E-state index is -3.69. The number of hydrogen-bond acceptors (Lipinski definition) is 6. The number of hydrogen-bond donors (Lipinski definition) is 1. The SMILES string of the molecule is COc1ccc(OCC(C)NC(=O)C(C)N(c2ccc(OC)cc2)S(C)(=O)=O)cc1. The Balaban J connectivity index is 2.02. The molecule has 2 rings (SSSR count). The molecule has 0 bridgehead atoms. The van der Waals surface area contributed by atoms with E-state index < -0.39 is 22.0 Å². The number of methoxy groups -OCH3 is 2. The zero-order valence-electron chi connectivity index (χ0n) is 17.8. The number of anilines is 1. The van der Waals surface area contributed by atoms with Crippen molar-refractivity contribution in [1.82, 2.24) is 5.32 Å². The van der Waals surface area contributed by atoms with Gasteiger partial charge in [-0.25, -0.2) is 8.42 Å². The molecule has 2 aromatic rings. The Bertz CT molecular complexity index is 929. The largest absolute Gasteiger partial charge is 0.497 e. The molecule has 0 saturated heterocycles. The van der Waals surface area contributed by atoms with Crippen LogP contribution in [0.5, 0.6) is 17.2 Å². The van der Waals surface area contributed by atoms with Crippen molar-refractivity contribution in [2.75, 3.05) is 31.4 Å². The fourth-order valence-corrected chi connectivity index (χ4v) is 4.01. The van der Waals surface area contributed by atoms with Gasteiger partial charge in [-0.15, -0.1) is 0 Å². The van der Waals surface area contributed by atoms with E-state index in [-0.39, 0.29) is 12.6 Å². The van der Waals surface area contributed by atoms with Crippen molar-refractivity contribution in [2.24, 2.45) is 0 Å². The molecule has 0 aliphatic heterocycles. The van der Waals surface area contributed by atoms with E-state index in [1.807, 2.05) is 0 Å². The van der Waals surface area contributed by atoms with Gasteiger partial charge in [-0.1, -0.05) is 0 Å². The fraction of sp³-hybridized carbons (Fsp3) is 0.381. The number of benzene rings is 2. The number of carbonyl (C=O) groups excluding carboxylic acids is 1. The van der Waals surface area contributed by atoms with Crippen LogP contribution in [0.25, 0.3) is 0 Å². The van der Waals surface area contributed by atoms with Gasteiger partial charge in [0.25, 0.3) is 0 Å². The molecule has 0 saturated carbocycles. The Kier molecular flexibility index (Phi) is 7.93. The molecule has 0 fully saturated rings. The highest BCUT2D eigenvalue weighted by Crippen LogP contribution is 2.24. The summed E-state index contributed by atoms with van der Waals surface area (Å²) in [6, 6.07) is 12.3. The number of nitrogens with zero attached hydrogens (tertiary/aromatic N) is 1. The van der Waals surface area contributed by atoms with Crippen LogP contribution in [0.2, 0.25) is 0 Å². The van der Waals surface area contributed by atoms with Crippen LogP contribution in [0.15, 0.2) is 48.5 Å². The van der Waals surface area contributed by atoms with Crippen molar-refractivity contribution in [3.8, 4) is 17.2 Å². The molecule has 1 N–H and O–H groups in total. The summed E-state index contributed by atoms with van der Waals surface area (Å²) < 4.78 is 41.7. The van der Waals surface area contributed by atoms with Crippen molar-refractivity contribution in [3.05, 3.63) is 48.5 Å². The van der Waals surface area contributed by atoms with Gasteiger partial charge in [-0.05, 0) is 62.4 Å². The third kappa shape index (κ3) is 6.28. The first-order valence-corrected chi connectivity index (χ1v) is 11.2. The Morgan fingerprint density at radius 1 is 0.933 bits per heavy atom. The van der Waals surface area contributed by atoms with Gasteiger partial charge in [-0.2, -0.15) is 0 Å². The lowest BCUT2D eigenvalue weighted by molar-refractivity contribution is -0.122.